The average Bonchev–Trinajstić information content (AvgIpc) is 2.84. The predicted octanol–water partition coefficient (Wildman–Crippen LogP) is 4.51. The van der Waals surface area contributed by atoms with E-state index in [1.165, 1.54) is 4.31 Å². The molecular formula is C24H21NO4S. The third-order valence-electron chi connectivity index (χ3n) is 5.17. The lowest BCUT2D eigenvalue weighted by Crippen LogP contribution is -2.36. The van der Waals surface area contributed by atoms with Gasteiger partial charge in [0, 0.05) is 0 Å². The van der Waals surface area contributed by atoms with Crippen LogP contribution in [0.4, 0.5) is 0 Å². The number of ether oxygens (including phenoxy) is 1. The van der Waals surface area contributed by atoms with E-state index in [2.05, 4.69) is 13.2 Å². The van der Waals surface area contributed by atoms with E-state index in [-0.39, 0.29) is 22.8 Å². The van der Waals surface area contributed by atoms with Crippen molar-refractivity contribution < 1.29 is 17.9 Å². The lowest BCUT2D eigenvalue weighted by molar-refractivity contribution is -0.134. The molecule has 152 valence electrons. The second-order valence-corrected chi connectivity index (χ2v) is 9.22. The number of hydrogen-bond donors (Lipinski definition) is 0. The van der Waals surface area contributed by atoms with Gasteiger partial charge in [-0.3, -0.25) is 0 Å². The van der Waals surface area contributed by atoms with Crippen LogP contribution < -0.4 is 0 Å². The van der Waals surface area contributed by atoms with Gasteiger partial charge >= 0.3 is 5.97 Å². The molecule has 0 radical (unpaired) electrons. The van der Waals surface area contributed by atoms with Crippen LogP contribution in [0.1, 0.15) is 17.2 Å². The second kappa shape index (κ2) is 7.55. The molecule has 5 nitrogen and oxygen atoms in total. The summed E-state index contributed by atoms with van der Waals surface area (Å²) >= 11 is 0. The Balaban J connectivity index is 1.89. The molecule has 0 amide bonds. The van der Waals surface area contributed by atoms with Gasteiger partial charge in [-0.2, -0.15) is 4.31 Å². The van der Waals surface area contributed by atoms with Crippen molar-refractivity contribution in [2.45, 2.75) is 17.9 Å². The number of sulfonamides is 1. The van der Waals surface area contributed by atoms with Crippen LogP contribution in [0.2, 0.25) is 0 Å². The lowest BCUT2D eigenvalue weighted by Gasteiger charge is -2.29. The van der Waals surface area contributed by atoms with Gasteiger partial charge in [0.25, 0.3) is 0 Å². The third kappa shape index (κ3) is 3.56. The molecule has 0 bridgehead atoms. The van der Waals surface area contributed by atoms with Crippen LogP contribution in [0, 0.1) is 6.92 Å². The number of cyclic esters (lactones) is 1. The quantitative estimate of drug-likeness (QED) is 0.463. The fourth-order valence-electron chi connectivity index (χ4n) is 3.59. The van der Waals surface area contributed by atoms with Gasteiger partial charge in [-0.1, -0.05) is 67.3 Å². The van der Waals surface area contributed by atoms with Crippen molar-refractivity contribution in [3.8, 4) is 0 Å². The number of fused-ring (bicyclic) bond motifs is 1. The van der Waals surface area contributed by atoms with Gasteiger partial charge in [-0.25, -0.2) is 13.2 Å². The SMILES string of the molecule is C=C1CN(S(=O)(=O)c2ccc(C)cc2)[C@@H](c2ccc3ccccc3c2)C(=C)C(=O)O1. The number of carbonyl (C=O) groups excluding carboxylic acids is 1. The van der Waals surface area contributed by atoms with Crippen molar-refractivity contribution >= 4 is 26.8 Å². The number of esters is 1. The zero-order chi connectivity index (χ0) is 21.5. The van der Waals surface area contributed by atoms with Gasteiger partial charge in [0.05, 0.1) is 23.1 Å². The first-order chi connectivity index (χ1) is 14.3. The van der Waals surface area contributed by atoms with E-state index in [1.54, 1.807) is 24.3 Å². The Morgan fingerprint density at radius 2 is 1.63 bits per heavy atom. The molecule has 0 N–H and O–H groups in total. The largest absolute Gasteiger partial charge is 0.427 e. The van der Waals surface area contributed by atoms with Crippen molar-refractivity contribution in [3.63, 3.8) is 0 Å². The molecule has 0 saturated carbocycles. The minimum Gasteiger partial charge on any atom is -0.427 e. The Morgan fingerprint density at radius 3 is 2.33 bits per heavy atom. The van der Waals surface area contributed by atoms with Gasteiger partial charge in [0.2, 0.25) is 10.0 Å². The molecule has 30 heavy (non-hydrogen) atoms. The van der Waals surface area contributed by atoms with Gasteiger partial charge in [0.1, 0.15) is 5.76 Å². The molecule has 4 rings (SSSR count). The summed E-state index contributed by atoms with van der Waals surface area (Å²) in [6.45, 7) is 9.33. The minimum absolute atomic E-state index is 0.0413. The maximum atomic E-state index is 13.6. The monoisotopic (exact) mass is 419 g/mol. The van der Waals surface area contributed by atoms with E-state index in [9.17, 15) is 13.2 Å². The maximum absolute atomic E-state index is 13.6. The molecule has 1 heterocycles. The van der Waals surface area contributed by atoms with Crippen molar-refractivity contribution in [3.05, 3.63) is 102 Å². The third-order valence-corrected chi connectivity index (χ3v) is 6.99. The van der Waals surface area contributed by atoms with E-state index in [0.29, 0.717) is 5.56 Å². The molecule has 0 aromatic heterocycles. The summed E-state index contributed by atoms with van der Waals surface area (Å²) in [4.78, 5) is 12.7. The Hall–Kier alpha value is -3.22. The summed E-state index contributed by atoms with van der Waals surface area (Å²) in [6.07, 6.45) is 0. The van der Waals surface area contributed by atoms with E-state index < -0.39 is 22.0 Å². The summed E-state index contributed by atoms with van der Waals surface area (Å²) in [7, 11) is -3.96. The standard InChI is InChI=1S/C24H21NO4S/c1-16-8-12-22(13-9-16)30(27,28)25-15-17(2)29-24(26)18(3)23(25)21-11-10-19-6-4-5-7-20(19)14-21/h4-14,23H,2-3,15H2,1H3/t23-/m1/s1. The van der Waals surface area contributed by atoms with Crippen molar-refractivity contribution in [1.29, 1.82) is 0 Å². The van der Waals surface area contributed by atoms with Gasteiger partial charge in [0.15, 0.2) is 0 Å². The number of hydrogen-bond acceptors (Lipinski definition) is 4. The molecular weight excluding hydrogens is 398 g/mol. The zero-order valence-electron chi connectivity index (χ0n) is 16.5. The Kier molecular flexibility index (Phi) is 5.05. The summed E-state index contributed by atoms with van der Waals surface area (Å²) in [6, 6.07) is 19.0. The average molecular weight is 420 g/mol. The minimum atomic E-state index is -3.96. The van der Waals surface area contributed by atoms with Crippen LogP contribution in [-0.4, -0.2) is 25.2 Å². The van der Waals surface area contributed by atoms with Crippen LogP contribution >= 0.6 is 0 Å². The highest BCUT2D eigenvalue weighted by Crippen LogP contribution is 2.37. The highest BCUT2D eigenvalue weighted by atomic mass is 32.2. The van der Waals surface area contributed by atoms with E-state index in [4.69, 9.17) is 4.74 Å². The number of carbonyl (C=O) groups is 1. The number of benzene rings is 3. The second-order valence-electron chi connectivity index (χ2n) is 7.33. The molecule has 3 aromatic rings. The smallest absolute Gasteiger partial charge is 0.340 e. The van der Waals surface area contributed by atoms with Crippen molar-refractivity contribution in [2.75, 3.05) is 6.54 Å². The first-order valence-electron chi connectivity index (χ1n) is 9.43. The first kappa shape index (κ1) is 20.1. The zero-order valence-corrected chi connectivity index (χ0v) is 17.4. The molecule has 0 spiro atoms. The lowest BCUT2D eigenvalue weighted by atomic mass is 9.97. The van der Waals surface area contributed by atoms with Crippen molar-refractivity contribution in [2.24, 2.45) is 0 Å². The Labute approximate surface area is 176 Å². The van der Waals surface area contributed by atoms with E-state index in [1.807, 2.05) is 49.4 Å². The highest BCUT2D eigenvalue weighted by Gasteiger charge is 2.40. The normalized spacial score (nSPS) is 18.3. The van der Waals surface area contributed by atoms with Gasteiger partial charge in [-0.15, -0.1) is 0 Å². The summed E-state index contributed by atoms with van der Waals surface area (Å²) < 4.78 is 33.6. The van der Waals surface area contributed by atoms with Gasteiger partial charge < -0.3 is 4.74 Å². The molecule has 1 aliphatic heterocycles. The summed E-state index contributed by atoms with van der Waals surface area (Å²) in [5.41, 5.74) is 1.63. The molecule has 1 fully saturated rings. The van der Waals surface area contributed by atoms with Crippen LogP contribution in [-0.2, 0) is 19.6 Å². The van der Waals surface area contributed by atoms with E-state index in [0.717, 1.165) is 16.3 Å². The predicted molar refractivity (Wildman–Crippen MR) is 116 cm³/mol. The topological polar surface area (TPSA) is 63.7 Å². The number of rotatable bonds is 3. The van der Waals surface area contributed by atoms with E-state index >= 15 is 0 Å². The van der Waals surface area contributed by atoms with Gasteiger partial charge in [-0.05, 0) is 41.5 Å². The van der Waals surface area contributed by atoms with Crippen LogP contribution in [0.15, 0.2) is 96.1 Å². The first-order valence-corrected chi connectivity index (χ1v) is 10.9. The van der Waals surface area contributed by atoms with Crippen LogP contribution in [0.3, 0.4) is 0 Å². The molecule has 1 aliphatic rings. The molecule has 1 atom stereocenters. The highest BCUT2D eigenvalue weighted by molar-refractivity contribution is 7.89. The Morgan fingerprint density at radius 1 is 0.967 bits per heavy atom. The fraction of sp³-hybridized carbons (Fsp3) is 0.125. The molecule has 1 saturated heterocycles. The van der Waals surface area contributed by atoms with Crippen LogP contribution in [0.5, 0.6) is 0 Å². The molecule has 3 aromatic carbocycles. The molecule has 0 unspecified atom stereocenters. The van der Waals surface area contributed by atoms with Crippen molar-refractivity contribution in [1.82, 2.24) is 4.31 Å². The molecule has 6 heteroatoms. The number of nitrogens with zero attached hydrogens (tertiary/aromatic N) is 1. The fourth-order valence-corrected chi connectivity index (χ4v) is 5.19. The van der Waals surface area contributed by atoms with Crippen LogP contribution in [0.25, 0.3) is 10.8 Å². The summed E-state index contributed by atoms with van der Waals surface area (Å²) in [5.74, 6) is -0.625. The summed E-state index contributed by atoms with van der Waals surface area (Å²) in [5, 5.41) is 1.95. The Bertz CT molecular complexity index is 1280. The maximum Gasteiger partial charge on any atom is 0.340 e. The number of aryl methyl sites for hydroxylation is 1. The molecule has 0 aliphatic carbocycles.